The molecule has 0 aromatic rings. The summed E-state index contributed by atoms with van der Waals surface area (Å²) in [5, 5.41) is 13.1. The van der Waals surface area contributed by atoms with Crippen molar-refractivity contribution in [3.63, 3.8) is 0 Å². The van der Waals surface area contributed by atoms with Crippen molar-refractivity contribution in [1.82, 2.24) is 5.32 Å². The van der Waals surface area contributed by atoms with Crippen molar-refractivity contribution in [3.05, 3.63) is 0 Å². The normalized spacial score (nSPS) is 12.0. The summed E-state index contributed by atoms with van der Waals surface area (Å²) in [4.78, 5) is 0. The number of hydrogen-bond acceptors (Lipinski definition) is 3. The molecule has 0 saturated carbocycles. The molecule has 0 rings (SSSR count). The lowest BCUT2D eigenvalue weighted by molar-refractivity contribution is 0.0322. The first-order valence-corrected chi connectivity index (χ1v) is 5.10. The Morgan fingerprint density at radius 3 is 2.38 bits per heavy atom. The number of nitrogens with one attached hydrogen (secondary N) is 1. The van der Waals surface area contributed by atoms with E-state index >= 15 is 0 Å². The molecule has 0 aromatic carbocycles. The molecule has 0 aliphatic carbocycles. The maximum Gasteiger partial charge on any atom is 0.0766 e. The molecule has 0 bridgehead atoms. The molecular weight excluding hydrogens is 166 g/mol. The van der Waals surface area contributed by atoms with Gasteiger partial charge in [-0.3, -0.25) is 0 Å². The topological polar surface area (TPSA) is 41.5 Å². The van der Waals surface area contributed by atoms with Crippen molar-refractivity contribution in [1.29, 1.82) is 0 Å². The van der Waals surface area contributed by atoms with E-state index in [1.165, 1.54) is 0 Å². The number of rotatable bonds is 8. The maximum absolute atomic E-state index is 9.89. The van der Waals surface area contributed by atoms with E-state index in [0.29, 0.717) is 6.54 Å². The van der Waals surface area contributed by atoms with Crippen LogP contribution in [0.1, 0.15) is 33.1 Å². The Morgan fingerprint density at radius 2 is 1.92 bits per heavy atom. The van der Waals surface area contributed by atoms with Crippen LogP contribution >= 0.6 is 0 Å². The molecule has 0 spiro atoms. The van der Waals surface area contributed by atoms with Gasteiger partial charge in [-0.25, -0.2) is 0 Å². The Labute approximate surface area is 81.5 Å². The van der Waals surface area contributed by atoms with Gasteiger partial charge in [0.1, 0.15) is 0 Å². The average molecular weight is 189 g/mol. The third-order valence-electron chi connectivity index (χ3n) is 2.47. The van der Waals surface area contributed by atoms with Crippen molar-refractivity contribution in [3.8, 4) is 0 Å². The van der Waals surface area contributed by atoms with Gasteiger partial charge in [0.25, 0.3) is 0 Å². The maximum atomic E-state index is 9.89. The highest BCUT2D eigenvalue weighted by atomic mass is 16.5. The van der Waals surface area contributed by atoms with Crippen LogP contribution in [0, 0.1) is 0 Å². The molecule has 0 aromatic heterocycles. The zero-order valence-corrected chi connectivity index (χ0v) is 9.10. The Morgan fingerprint density at radius 1 is 1.31 bits per heavy atom. The lowest BCUT2D eigenvalue weighted by atomic mass is 9.98. The minimum Gasteiger partial charge on any atom is -0.389 e. The van der Waals surface area contributed by atoms with Crippen LogP contribution in [0.5, 0.6) is 0 Å². The summed E-state index contributed by atoms with van der Waals surface area (Å²) >= 11 is 0. The highest BCUT2D eigenvalue weighted by Crippen LogP contribution is 2.12. The fourth-order valence-corrected chi connectivity index (χ4v) is 1.16. The molecule has 0 unspecified atom stereocenters. The lowest BCUT2D eigenvalue weighted by Crippen LogP contribution is -2.39. The van der Waals surface area contributed by atoms with Crippen molar-refractivity contribution in [2.45, 2.75) is 38.7 Å². The van der Waals surface area contributed by atoms with Crippen LogP contribution in [0.15, 0.2) is 0 Å². The Bertz CT molecular complexity index is 113. The number of ether oxygens (including phenoxy) is 1. The molecule has 0 amide bonds. The largest absolute Gasteiger partial charge is 0.389 e. The van der Waals surface area contributed by atoms with Crippen LogP contribution in [-0.4, -0.2) is 37.5 Å². The fraction of sp³-hybridized carbons (Fsp3) is 1.00. The second-order valence-corrected chi connectivity index (χ2v) is 3.45. The summed E-state index contributed by atoms with van der Waals surface area (Å²) in [5.41, 5.74) is -0.521. The van der Waals surface area contributed by atoms with E-state index in [9.17, 15) is 5.11 Å². The van der Waals surface area contributed by atoms with Crippen molar-refractivity contribution in [2.75, 3.05) is 26.8 Å². The summed E-state index contributed by atoms with van der Waals surface area (Å²) in [6.07, 6.45) is 2.61. The highest BCUT2D eigenvalue weighted by molar-refractivity contribution is 4.77. The smallest absolute Gasteiger partial charge is 0.0766 e. The third kappa shape index (κ3) is 6.02. The second kappa shape index (κ2) is 7.30. The monoisotopic (exact) mass is 189 g/mol. The summed E-state index contributed by atoms with van der Waals surface area (Å²) in [6, 6.07) is 0. The van der Waals surface area contributed by atoms with Gasteiger partial charge in [-0.15, -0.1) is 0 Å². The van der Waals surface area contributed by atoms with Crippen molar-refractivity contribution >= 4 is 0 Å². The molecule has 3 nitrogen and oxygen atoms in total. The molecule has 0 heterocycles. The van der Waals surface area contributed by atoms with Gasteiger partial charge in [0.05, 0.1) is 5.60 Å². The zero-order valence-electron chi connectivity index (χ0n) is 9.10. The van der Waals surface area contributed by atoms with E-state index in [-0.39, 0.29) is 0 Å². The number of methoxy groups -OCH3 is 1. The molecule has 0 atom stereocenters. The van der Waals surface area contributed by atoms with E-state index in [1.54, 1.807) is 7.11 Å². The van der Waals surface area contributed by atoms with Gasteiger partial charge in [-0.05, 0) is 25.8 Å². The van der Waals surface area contributed by atoms with Crippen molar-refractivity contribution < 1.29 is 9.84 Å². The molecule has 0 fully saturated rings. The van der Waals surface area contributed by atoms with Gasteiger partial charge in [-0.2, -0.15) is 0 Å². The first kappa shape index (κ1) is 12.9. The van der Waals surface area contributed by atoms with Crippen LogP contribution in [0.2, 0.25) is 0 Å². The quantitative estimate of drug-likeness (QED) is 0.563. The summed E-state index contributed by atoms with van der Waals surface area (Å²) in [7, 11) is 1.70. The SMILES string of the molecule is CCC(O)(CC)CNCCCOC. The molecule has 0 radical (unpaired) electrons. The van der Waals surface area contributed by atoms with E-state index in [4.69, 9.17) is 4.74 Å². The number of aliphatic hydroxyl groups is 1. The van der Waals surface area contributed by atoms with Gasteiger partial charge in [0.2, 0.25) is 0 Å². The Kier molecular flexibility index (Phi) is 7.23. The minimum absolute atomic E-state index is 0.521. The molecule has 2 N–H and O–H groups in total. The fourth-order valence-electron chi connectivity index (χ4n) is 1.16. The van der Waals surface area contributed by atoms with Crippen LogP contribution in [0.3, 0.4) is 0 Å². The van der Waals surface area contributed by atoms with Gasteiger partial charge >= 0.3 is 0 Å². The molecule has 0 aliphatic heterocycles. The summed E-state index contributed by atoms with van der Waals surface area (Å²) in [5.74, 6) is 0. The molecule has 0 aliphatic rings. The van der Waals surface area contributed by atoms with Gasteiger partial charge < -0.3 is 15.2 Å². The van der Waals surface area contributed by atoms with Crippen LogP contribution in [0.4, 0.5) is 0 Å². The highest BCUT2D eigenvalue weighted by Gasteiger charge is 2.20. The standard InChI is InChI=1S/C10H23NO2/c1-4-10(12,5-2)9-11-7-6-8-13-3/h11-12H,4-9H2,1-3H3. The van der Waals surface area contributed by atoms with Crippen LogP contribution in [0.25, 0.3) is 0 Å². The summed E-state index contributed by atoms with van der Waals surface area (Å²) < 4.78 is 4.92. The van der Waals surface area contributed by atoms with Gasteiger partial charge in [0, 0.05) is 20.3 Å². The molecular formula is C10H23NO2. The lowest BCUT2D eigenvalue weighted by Gasteiger charge is -2.25. The first-order chi connectivity index (χ1) is 6.18. The second-order valence-electron chi connectivity index (χ2n) is 3.45. The Hall–Kier alpha value is -0.120. The van der Waals surface area contributed by atoms with Crippen molar-refractivity contribution in [2.24, 2.45) is 0 Å². The van der Waals surface area contributed by atoms with Gasteiger partial charge in [0.15, 0.2) is 0 Å². The van der Waals surface area contributed by atoms with Crippen LogP contribution in [-0.2, 0) is 4.74 Å². The predicted octanol–water partition coefficient (Wildman–Crippen LogP) is 1.16. The number of hydrogen-bond donors (Lipinski definition) is 2. The van der Waals surface area contributed by atoms with Crippen LogP contribution < -0.4 is 5.32 Å². The minimum atomic E-state index is -0.521. The van der Waals surface area contributed by atoms with E-state index < -0.39 is 5.60 Å². The van der Waals surface area contributed by atoms with E-state index in [0.717, 1.165) is 32.4 Å². The van der Waals surface area contributed by atoms with Gasteiger partial charge in [-0.1, -0.05) is 13.8 Å². The molecule has 80 valence electrons. The molecule has 13 heavy (non-hydrogen) atoms. The third-order valence-corrected chi connectivity index (χ3v) is 2.47. The molecule has 0 saturated heterocycles. The van der Waals surface area contributed by atoms with E-state index in [2.05, 4.69) is 5.32 Å². The van der Waals surface area contributed by atoms with E-state index in [1.807, 2.05) is 13.8 Å². The summed E-state index contributed by atoms with van der Waals surface area (Å²) in [6.45, 7) is 6.41. The zero-order chi connectivity index (χ0) is 10.2. The molecule has 3 heteroatoms. The Balaban J connectivity index is 3.39. The predicted molar refractivity (Wildman–Crippen MR) is 54.9 cm³/mol. The average Bonchev–Trinajstić information content (AvgIpc) is 2.17. The first-order valence-electron chi connectivity index (χ1n) is 5.10.